The molecule has 0 aromatic heterocycles. The van der Waals surface area contributed by atoms with E-state index in [0.717, 1.165) is 25.4 Å². The van der Waals surface area contributed by atoms with Crippen molar-refractivity contribution in [2.75, 3.05) is 19.7 Å². The van der Waals surface area contributed by atoms with Crippen LogP contribution in [0.25, 0.3) is 0 Å². The van der Waals surface area contributed by atoms with Crippen LogP contribution in [0.3, 0.4) is 0 Å². The van der Waals surface area contributed by atoms with Crippen LogP contribution >= 0.6 is 0 Å². The van der Waals surface area contributed by atoms with Gasteiger partial charge in [-0.25, -0.2) is 0 Å². The van der Waals surface area contributed by atoms with Crippen LogP contribution in [0.15, 0.2) is 0 Å². The van der Waals surface area contributed by atoms with Gasteiger partial charge in [0, 0.05) is 18.6 Å². The van der Waals surface area contributed by atoms with Crippen molar-refractivity contribution in [1.82, 2.24) is 5.32 Å². The summed E-state index contributed by atoms with van der Waals surface area (Å²) in [7, 11) is 0. The molecule has 1 saturated carbocycles. The smallest absolute Gasteiger partial charge is 0.0496 e. The molecular weight excluding hydrogens is 198 g/mol. The van der Waals surface area contributed by atoms with Crippen LogP contribution in [0.1, 0.15) is 58.8 Å². The number of aliphatic hydroxyl groups excluding tert-OH is 1. The van der Waals surface area contributed by atoms with E-state index in [1.807, 2.05) is 0 Å². The molecule has 96 valence electrons. The Kier molecular flexibility index (Phi) is 6.37. The molecule has 0 amide bonds. The van der Waals surface area contributed by atoms with E-state index >= 15 is 0 Å². The van der Waals surface area contributed by atoms with Crippen LogP contribution < -0.4 is 5.32 Å². The number of hydrogen-bond donors (Lipinski definition) is 2. The Morgan fingerprint density at radius 1 is 1.25 bits per heavy atom. The van der Waals surface area contributed by atoms with E-state index in [0.29, 0.717) is 6.61 Å². The van der Waals surface area contributed by atoms with E-state index in [2.05, 4.69) is 19.2 Å². The number of nitrogens with one attached hydrogen (secondary N) is 1. The van der Waals surface area contributed by atoms with Crippen LogP contribution in [0.2, 0.25) is 0 Å². The largest absolute Gasteiger partial charge is 0.396 e. The predicted molar refractivity (Wildman–Crippen MR) is 69.5 cm³/mol. The second kappa shape index (κ2) is 7.29. The van der Waals surface area contributed by atoms with E-state index in [9.17, 15) is 5.11 Å². The molecule has 0 bridgehead atoms. The van der Waals surface area contributed by atoms with Crippen molar-refractivity contribution in [1.29, 1.82) is 0 Å². The molecule has 1 aliphatic carbocycles. The Balaban J connectivity index is 2.06. The Labute approximate surface area is 101 Å². The fraction of sp³-hybridized carbons (Fsp3) is 1.00. The summed E-state index contributed by atoms with van der Waals surface area (Å²) in [6.07, 6.45) is 9.56. The van der Waals surface area contributed by atoms with Crippen molar-refractivity contribution in [3.8, 4) is 0 Å². The number of aliphatic hydroxyl groups is 1. The first-order valence-corrected chi connectivity index (χ1v) is 7.02. The van der Waals surface area contributed by atoms with Gasteiger partial charge in [-0.3, -0.25) is 0 Å². The monoisotopic (exact) mass is 227 g/mol. The maximum Gasteiger partial charge on any atom is 0.0496 e. The van der Waals surface area contributed by atoms with Gasteiger partial charge in [-0.05, 0) is 25.3 Å². The van der Waals surface area contributed by atoms with Crippen LogP contribution in [0, 0.1) is 11.3 Å². The fourth-order valence-electron chi connectivity index (χ4n) is 2.46. The second-order valence-corrected chi connectivity index (χ2v) is 5.79. The first-order valence-electron chi connectivity index (χ1n) is 7.02. The van der Waals surface area contributed by atoms with Crippen molar-refractivity contribution >= 4 is 0 Å². The molecule has 0 aromatic carbocycles. The molecule has 2 nitrogen and oxygen atoms in total. The maximum atomic E-state index is 9.29. The number of hydrogen-bond acceptors (Lipinski definition) is 2. The molecule has 2 N–H and O–H groups in total. The van der Waals surface area contributed by atoms with E-state index in [1.165, 1.54) is 38.5 Å². The highest BCUT2D eigenvalue weighted by Crippen LogP contribution is 2.26. The third-order valence-corrected chi connectivity index (χ3v) is 4.24. The van der Waals surface area contributed by atoms with Gasteiger partial charge in [0.1, 0.15) is 0 Å². The summed E-state index contributed by atoms with van der Waals surface area (Å²) in [6, 6.07) is 0. The van der Waals surface area contributed by atoms with Gasteiger partial charge in [-0.1, -0.05) is 46.0 Å². The van der Waals surface area contributed by atoms with Gasteiger partial charge in [0.25, 0.3) is 0 Å². The Hall–Kier alpha value is -0.0800. The first-order chi connectivity index (χ1) is 7.70. The molecule has 0 spiro atoms. The Bertz CT molecular complexity index is 172. The average molecular weight is 227 g/mol. The minimum absolute atomic E-state index is 0.0760. The summed E-state index contributed by atoms with van der Waals surface area (Å²) in [5.41, 5.74) is 0.0760. The molecule has 2 heteroatoms. The van der Waals surface area contributed by atoms with Crippen LogP contribution in [0.4, 0.5) is 0 Å². The normalized spacial score (nSPS) is 21.9. The molecule has 0 heterocycles. The van der Waals surface area contributed by atoms with Crippen molar-refractivity contribution < 1.29 is 5.11 Å². The molecule has 1 unspecified atom stereocenters. The average Bonchev–Trinajstić information content (AvgIpc) is 2.36. The molecular formula is C14H29NO. The van der Waals surface area contributed by atoms with Gasteiger partial charge in [-0.2, -0.15) is 0 Å². The van der Waals surface area contributed by atoms with E-state index in [4.69, 9.17) is 0 Å². The van der Waals surface area contributed by atoms with E-state index in [-0.39, 0.29) is 5.41 Å². The molecule has 1 rings (SSSR count). The summed E-state index contributed by atoms with van der Waals surface area (Å²) in [5.74, 6) is 0.961. The highest BCUT2D eigenvalue weighted by atomic mass is 16.3. The van der Waals surface area contributed by atoms with Gasteiger partial charge in [0.05, 0.1) is 0 Å². The molecule has 0 radical (unpaired) electrons. The molecule has 1 atom stereocenters. The molecule has 1 aliphatic rings. The summed E-state index contributed by atoms with van der Waals surface area (Å²) in [5, 5.41) is 12.8. The highest BCUT2D eigenvalue weighted by Gasteiger charge is 2.20. The fourth-order valence-corrected chi connectivity index (χ4v) is 2.46. The lowest BCUT2D eigenvalue weighted by Gasteiger charge is -2.27. The van der Waals surface area contributed by atoms with Crippen LogP contribution in [0.5, 0.6) is 0 Å². The van der Waals surface area contributed by atoms with E-state index < -0.39 is 0 Å². The predicted octanol–water partition coefficient (Wildman–Crippen LogP) is 2.96. The topological polar surface area (TPSA) is 32.3 Å². The molecule has 0 aliphatic heterocycles. The van der Waals surface area contributed by atoms with Crippen LogP contribution in [-0.2, 0) is 0 Å². The standard InChI is InChI=1S/C14H29NO/c1-3-14(2,12-16)11-15-10-9-13-7-5-4-6-8-13/h13,15-16H,3-12H2,1-2H3. The first kappa shape index (κ1) is 14.0. The summed E-state index contributed by atoms with van der Waals surface area (Å²) in [4.78, 5) is 0. The number of rotatable bonds is 7. The van der Waals surface area contributed by atoms with Gasteiger partial charge in [0.15, 0.2) is 0 Å². The minimum atomic E-state index is 0.0760. The van der Waals surface area contributed by atoms with Gasteiger partial charge in [0.2, 0.25) is 0 Å². The summed E-state index contributed by atoms with van der Waals surface area (Å²) in [6.45, 7) is 6.67. The highest BCUT2D eigenvalue weighted by molar-refractivity contribution is 4.75. The molecule has 16 heavy (non-hydrogen) atoms. The minimum Gasteiger partial charge on any atom is -0.396 e. The third-order valence-electron chi connectivity index (χ3n) is 4.24. The van der Waals surface area contributed by atoms with Crippen molar-refractivity contribution in [2.45, 2.75) is 58.8 Å². The van der Waals surface area contributed by atoms with Crippen LogP contribution in [-0.4, -0.2) is 24.8 Å². The third kappa shape index (κ3) is 4.84. The van der Waals surface area contributed by atoms with Gasteiger partial charge >= 0.3 is 0 Å². The zero-order valence-corrected chi connectivity index (χ0v) is 11.1. The van der Waals surface area contributed by atoms with Gasteiger partial charge < -0.3 is 10.4 Å². The molecule has 1 fully saturated rings. The lowest BCUT2D eigenvalue weighted by atomic mass is 9.86. The van der Waals surface area contributed by atoms with Gasteiger partial charge in [-0.15, -0.1) is 0 Å². The zero-order valence-electron chi connectivity index (χ0n) is 11.1. The maximum absolute atomic E-state index is 9.29. The summed E-state index contributed by atoms with van der Waals surface area (Å²) < 4.78 is 0. The SMILES string of the molecule is CCC(C)(CO)CNCCC1CCCCC1. The Morgan fingerprint density at radius 3 is 2.50 bits per heavy atom. The van der Waals surface area contributed by atoms with Crippen molar-refractivity contribution in [2.24, 2.45) is 11.3 Å². The Morgan fingerprint density at radius 2 is 1.94 bits per heavy atom. The zero-order chi connectivity index (χ0) is 11.9. The van der Waals surface area contributed by atoms with Crippen molar-refractivity contribution in [3.05, 3.63) is 0 Å². The molecule has 0 saturated heterocycles. The quantitative estimate of drug-likeness (QED) is 0.655. The lowest BCUT2D eigenvalue weighted by Crippen LogP contribution is -2.35. The lowest BCUT2D eigenvalue weighted by molar-refractivity contribution is 0.135. The molecule has 0 aromatic rings. The van der Waals surface area contributed by atoms with Crippen molar-refractivity contribution in [3.63, 3.8) is 0 Å². The van der Waals surface area contributed by atoms with E-state index in [1.54, 1.807) is 0 Å². The summed E-state index contributed by atoms with van der Waals surface area (Å²) >= 11 is 0. The second-order valence-electron chi connectivity index (χ2n) is 5.79.